The monoisotopic (exact) mass is 279 g/mol. The van der Waals surface area contributed by atoms with E-state index in [2.05, 4.69) is 66.8 Å². The van der Waals surface area contributed by atoms with Gasteiger partial charge in [0.05, 0.1) is 0 Å². The van der Waals surface area contributed by atoms with Crippen LogP contribution in [0.4, 0.5) is 0 Å². The summed E-state index contributed by atoms with van der Waals surface area (Å²) in [4.78, 5) is 0. The molecule has 0 aliphatic heterocycles. The Morgan fingerprint density at radius 2 is 1.71 bits per heavy atom. The Morgan fingerprint density at radius 1 is 1.00 bits per heavy atom. The third kappa shape index (κ3) is 3.54. The largest absolute Gasteiger partial charge is 0.307 e. The fourth-order valence-corrected chi connectivity index (χ4v) is 3.44. The highest BCUT2D eigenvalue weighted by Gasteiger charge is 2.21. The second-order valence-electron chi connectivity index (χ2n) is 6.13. The summed E-state index contributed by atoms with van der Waals surface area (Å²) in [6, 6.07) is 20.9. The predicted octanol–water partition coefficient (Wildman–Crippen LogP) is 4.67. The highest BCUT2D eigenvalue weighted by atomic mass is 14.9. The summed E-state index contributed by atoms with van der Waals surface area (Å²) in [6.07, 6.45) is 6.06. The van der Waals surface area contributed by atoms with E-state index >= 15 is 0 Å². The van der Waals surface area contributed by atoms with E-state index in [1.807, 2.05) is 0 Å². The Kier molecular flexibility index (Phi) is 4.72. The lowest BCUT2D eigenvalue weighted by molar-refractivity contribution is 0.382. The molecule has 1 nitrogen and oxygen atoms in total. The van der Waals surface area contributed by atoms with Gasteiger partial charge in [-0.1, -0.05) is 67.9 Å². The van der Waals surface area contributed by atoms with Crippen LogP contribution in [-0.4, -0.2) is 6.04 Å². The molecule has 0 aromatic heterocycles. The molecule has 0 heterocycles. The van der Waals surface area contributed by atoms with Gasteiger partial charge in [-0.15, -0.1) is 0 Å². The topological polar surface area (TPSA) is 12.0 Å². The van der Waals surface area contributed by atoms with Crippen molar-refractivity contribution in [3.8, 4) is 0 Å². The quantitative estimate of drug-likeness (QED) is 0.838. The smallest absolute Gasteiger partial charge is 0.0322 e. The number of fused-ring (bicyclic) bond motifs is 1. The van der Waals surface area contributed by atoms with Crippen molar-refractivity contribution >= 4 is 0 Å². The van der Waals surface area contributed by atoms with Crippen LogP contribution in [-0.2, 0) is 12.8 Å². The summed E-state index contributed by atoms with van der Waals surface area (Å²) >= 11 is 0. The maximum Gasteiger partial charge on any atom is 0.0322 e. The fourth-order valence-electron chi connectivity index (χ4n) is 3.44. The Balaban J connectivity index is 1.70. The van der Waals surface area contributed by atoms with Crippen LogP contribution in [0.15, 0.2) is 54.6 Å². The molecule has 110 valence electrons. The molecule has 0 bridgehead atoms. The lowest BCUT2D eigenvalue weighted by Crippen LogP contribution is -2.37. The number of nitrogens with one attached hydrogen (secondary N) is 1. The first kappa shape index (κ1) is 14.3. The molecule has 0 saturated heterocycles. The lowest BCUT2D eigenvalue weighted by atomic mass is 9.87. The van der Waals surface area contributed by atoms with Gasteiger partial charge >= 0.3 is 0 Å². The molecule has 0 fully saturated rings. The van der Waals surface area contributed by atoms with Crippen LogP contribution in [0, 0.1) is 0 Å². The number of rotatable bonds is 5. The van der Waals surface area contributed by atoms with Gasteiger partial charge in [0, 0.05) is 12.1 Å². The molecule has 0 saturated carbocycles. The third-order valence-corrected chi connectivity index (χ3v) is 4.56. The summed E-state index contributed by atoms with van der Waals surface area (Å²) in [5.74, 6) is 0. The molecule has 0 spiro atoms. The van der Waals surface area contributed by atoms with Crippen molar-refractivity contribution in [3.05, 3.63) is 71.3 Å². The van der Waals surface area contributed by atoms with E-state index in [4.69, 9.17) is 0 Å². The predicted molar refractivity (Wildman–Crippen MR) is 89.5 cm³/mol. The highest BCUT2D eigenvalue weighted by Crippen LogP contribution is 2.25. The van der Waals surface area contributed by atoms with E-state index in [0.29, 0.717) is 12.1 Å². The van der Waals surface area contributed by atoms with Crippen LogP contribution < -0.4 is 5.32 Å². The molecule has 0 radical (unpaired) electrons. The molecule has 1 N–H and O–H groups in total. The standard InChI is InChI=1S/C20H25N/c1-2-8-20(17-10-4-3-5-11-17)21-19-14-13-16-9-6-7-12-18(16)15-19/h3-7,9-12,19-21H,2,8,13-15H2,1H3. The maximum absolute atomic E-state index is 3.91. The average molecular weight is 279 g/mol. The van der Waals surface area contributed by atoms with Crippen LogP contribution in [0.25, 0.3) is 0 Å². The molecule has 0 amide bonds. The highest BCUT2D eigenvalue weighted by molar-refractivity contribution is 5.30. The molecule has 3 rings (SSSR count). The second kappa shape index (κ2) is 6.91. The van der Waals surface area contributed by atoms with Gasteiger partial charge in [0.15, 0.2) is 0 Å². The molecule has 21 heavy (non-hydrogen) atoms. The molecular weight excluding hydrogens is 254 g/mol. The van der Waals surface area contributed by atoms with Gasteiger partial charge in [0.25, 0.3) is 0 Å². The van der Waals surface area contributed by atoms with E-state index < -0.39 is 0 Å². The number of hydrogen-bond donors (Lipinski definition) is 1. The summed E-state index contributed by atoms with van der Waals surface area (Å²) < 4.78 is 0. The summed E-state index contributed by atoms with van der Waals surface area (Å²) in [6.45, 7) is 2.27. The Morgan fingerprint density at radius 3 is 2.48 bits per heavy atom. The van der Waals surface area contributed by atoms with Crippen molar-refractivity contribution in [2.75, 3.05) is 0 Å². The molecular formula is C20H25N. The van der Waals surface area contributed by atoms with Crippen molar-refractivity contribution in [2.24, 2.45) is 0 Å². The Bertz CT molecular complexity index is 561. The van der Waals surface area contributed by atoms with E-state index in [0.717, 1.165) is 0 Å². The van der Waals surface area contributed by atoms with Gasteiger partial charge in [-0.25, -0.2) is 0 Å². The average Bonchev–Trinajstić information content (AvgIpc) is 2.55. The van der Waals surface area contributed by atoms with Crippen LogP contribution in [0.5, 0.6) is 0 Å². The van der Waals surface area contributed by atoms with E-state index in [9.17, 15) is 0 Å². The first-order chi connectivity index (χ1) is 10.4. The van der Waals surface area contributed by atoms with Gasteiger partial charge in [-0.05, 0) is 42.4 Å². The minimum absolute atomic E-state index is 0.492. The van der Waals surface area contributed by atoms with Crippen molar-refractivity contribution in [2.45, 2.75) is 51.1 Å². The lowest BCUT2D eigenvalue weighted by Gasteiger charge is -2.30. The number of hydrogen-bond acceptors (Lipinski definition) is 1. The minimum Gasteiger partial charge on any atom is -0.307 e. The minimum atomic E-state index is 0.492. The molecule has 2 aromatic rings. The second-order valence-corrected chi connectivity index (χ2v) is 6.13. The zero-order chi connectivity index (χ0) is 14.5. The summed E-state index contributed by atoms with van der Waals surface area (Å²) in [5.41, 5.74) is 4.50. The van der Waals surface area contributed by atoms with Crippen LogP contribution in [0.3, 0.4) is 0 Å². The first-order valence-electron chi connectivity index (χ1n) is 8.24. The molecule has 1 heteroatoms. The summed E-state index contributed by atoms with van der Waals surface area (Å²) in [5, 5.41) is 3.91. The first-order valence-corrected chi connectivity index (χ1v) is 8.24. The molecule has 2 unspecified atom stereocenters. The number of aryl methyl sites for hydroxylation is 1. The molecule has 1 aliphatic carbocycles. The Labute approximate surface area is 128 Å². The van der Waals surface area contributed by atoms with Gasteiger partial charge in [-0.3, -0.25) is 0 Å². The van der Waals surface area contributed by atoms with Crippen LogP contribution in [0.1, 0.15) is 48.9 Å². The number of benzene rings is 2. The molecule has 2 atom stereocenters. The van der Waals surface area contributed by atoms with Gasteiger partial charge in [0.2, 0.25) is 0 Å². The summed E-state index contributed by atoms with van der Waals surface area (Å²) in [7, 11) is 0. The Hall–Kier alpha value is -1.60. The van der Waals surface area contributed by atoms with E-state index in [-0.39, 0.29) is 0 Å². The van der Waals surface area contributed by atoms with E-state index in [1.54, 1.807) is 5.56 Å². The maximum atomic E-state index is 3.91. The van der Waals surface area contributed by atoms with Gasteiger partial charge < -0.3 is 5.32 Å². The zero-order valence-corrected chi connectivity index (χ0v) is 12.9. The molecule has 2 aromatic carbocycles. The van der Waals surface area contributed by atoms with E-state index in [1.165, 1.54) is 43.2 Å². The van der Waals surface area contributed by atoms with Crippen LogP contribution >= 0.6 is 0 Å². The molecule has 1 aliphatic rings. The fraction of sp³-hybridized carbons (Fsp3) is 0.400. The zero-order valence-electron chi connectivity index (χ0n) is 12.9. The normalized spacial score (nSPS) is 19.0. The van der Waals surface area contributed by atoms with Crippen molar-refractivity contribution in [3.63, 3.8) is 0 Å². The van der Waals surface area contributed by atoms with Crippen molar-refractivity contribution in [1.82, 2.24) is 5.32 Å². The van der Waals surface area contributed by atoms with Crippen LogP contribution in [0.2, 0.25) is 0 Å². The SMILES string of the molecule is CCCC(NC1CCc2ccccc2C1)c1ccccc1. The van der Waals surface area contributed by atoms with Gasteiger partial charge in [-0.2, -0.15) is 0 Å². The van der Waals surface area contributed by atoms with Gasteiger partial charge in [0.1, 0.15) is 0 Å². The van der Waals surface area contributed by atoms with Crippen molar-refractivity contribution in [1.29, 1.82) is 0 Å². The third-order valence-electron chi connectivity index (χ3n) is 4.56. The van der Waals surface area contributed by atoms with Crippen molar-refractivity contribution < 1.29 is 0 Å².